The van der Waals surface area contributed by atoms with Crippen LogP contribution in [0.4, 0.5) is 4.79 Å². The van der Waals surface area contributed by atoms with Gasteiger partial charge in [-0.05, 0) is 12.8 Å². The maximum Gasteiger partial charge on any atom is 0.317 e. The van der Waals surface area contributed by atoms with Crippen LogP contribution in [-0.2, 0) is 9.59 Å². The Morgan fingerprint density at radius 2 is 1.79 bits per heavy atom. The van der Waals surface area contributed by atoms with Crippen molar-refractivity contribution in [3.8, 4) is 0 Å². The molecule has 7 nitrogen and oxygen atoms in total. The maximum atomic E-state index is 11.6. The van der Waals surface area contributed by atoms with Crippen LogP contribution in [0, 0.1) is 5.92 Å². The first-order valence-electron chi connectivity index (χ1n) is 6.17. The molecule has 0 saturated heterocycles. The van der Waals surface area contributed by atoms with Crippen molar-refractivity contribution in [2.24, 2.45) is 5.92 Å². The predicted octanol–water partition coefficient (Wildman–Crippen LogP) is 0.217. The molecule has 1 unspecified atom stereocenters. The predicted molar refractivity (Wildman–Crippen MR) is 70.8 cm³/mol. The van der Waals surface area contributed by atoms with Gasteiger partial charge in [0.05, 0.1) is 5.92 Å². The van der Waals surface area contributed by atoms with E-state index in [1.165, 1.54) is 16.8 Å². The number of carbonyl (C=O) groups excluding carboxylic acids is 2. The number of urea groups is 1. The van der Waals surface area contributed by atoms with E-state index < -0.39 is 11.9 Å². The van der Waals surface area contributed by atoms with E-state index in [4.69, 9.17) is 5.11 Å². The van der Waals surface area contributed by atoms with Gasteiger partial charge in [0.15, 0.2) is 0 Å². The number of hydrogen-bond donors (Lipinski definition) is 2. The van der Waals surface area contributed by atoms with Gasteiger partial charge in [-0.2, -0.15) is 0 Å². The van der Waals surface area contributed by atoms with Gasteiger partial charge >= 0.3 is 12.0 Å². The van der Waals surface area contributed by atoms with E-state index in [-0.39, 0.29) is 18.5 Å². The third-order valence-electron chi connectivity index (χ3n) is 2.73. The smallest absolute Gasteiger partial charge is 0.317 e. The summed E-state index contributed by atoms with van der Waals surface area (Å²) in [5, 5.41) is 11.3. The zero-order chi connectivity index (χ0) is 15.0. The van der Waals surface area contributed by atoms with Crippen LogP contribution in [0.3, 0.4) is 0 Å². The number of carbonyl (C=O) groups is 3. The highest BCUT2D eigenvalue weighted by Crippen LogP contribution is 2.04. The molecule has 0 heterocycles. The standard InChI is InChI=1S/C12H23N3O4/c1-9(11(17)18)6-5-7-13-12(19)15(4)8-10(16)14(2)3/h9H,5-8H2,1-4H3,(H,13,19)(H,17,18). The quantitative estimate of drug-likeness (QED) is 0.649. The molecule has 19 heavy (non-hydrogen) atoms. The molecule has 0 aromatic heterocycles. The lowest BCUT2D eigenvalue weighted by atomic mass is 10.1. The Morgan fingerprint density at radius 3 is 2.26 bits per heavy atom. The van der Waals surface area contributed by atoms with Crippen LogP contribution in [0.2, 0.25) is 0 Å². The molecule has 0 spiro atoms. The lowest BCUT2D eigenvalue weighted by Crippen LogP contribution is -2.43. The van der Waals surface area contributed by atoms with Gasteiger partial charge in [0.25, 0.3) is 0 Å². The SMILES string of the molecule is CC(CCCNC(=O)N(C)CC(=O)N(C)C)C(=O)O. The zero-order valence-corrected chi connectivity index (χ0v) is 12.0. The van der Waals surface area contributed by atoms with Crippen LogP contribution in [0.5, 0.6) is 0 Å². The second kappa shape index (κ2) is 8.34. The zero-order valence-electron chi connectivity index (χ0n) is 12.0. The minimum atomic E-state index is -0.833. The first-order valence-corrected chi connectivity index (χ1v) is 6.17. The van der Waals surface area contributed by atoms with Gasteiger partial charge in [-0.3, -0.25) is 9.59 Å². The maximum absolute atomic E-state index is 11.6. The highest BCUT2D eigenvalue weighted by Gasteiger charge is 2.14. The first kappa shape index (κ1) is 17.2. The molecular formula is C12H23N3O4. The number of rotatable bonds is 7. The van der Waals surface area contributed by atoms with Crippen molar-refractivity contribution in [3.63, 3.8) is 0 Å². The summed E-state index contributed by atoms with van der Waals surface area (Å²) in [6.07, 6.45) is 1.10. The molecule has 0 radical (unpaired) electrons. The van der Waals surface area contributed by atoms with Gasteiger partial charge in [0, 0.05) is 27.7 Å². The van der Waals surface area contributed by atoms with Crippen LogP contribution in [0.25, 0.3) is 0 Å². The van der Waals surface area contributed by atoms with Crippen molar-refractivity contribution in [2.45, 2.75) is 19.8 Å². The Morgan fingerprint density at radius 1 is 1.21 bits per heavy atom. The summed E-state index contributed by atoms with van der Waals surface area (Å²) in [5.41, 5.74) is 0. The highest BCUT2D eigenvalue weighted by molar-refractivity contribution is 5.83. The van der Waals surface area contributed by atoms with E-state index >= 15 is 0 Å². The Kier molecular flexibility index (Phi) is 7.55. The van der Waals surface area contributed by atoms with E-state index in [2.05, 4.69) is 5.32 Å². The highest BCUT2D eigenvalue weighted by atomic mass is 16.4. The lowest BCUT2D eigenvalue weighted by molar-refractivity contribution is -0.141. The van der Waals surface area contributed by atoms with Crippen molar-refractivity contribution in [1.82, 2.24) is 15.1 Å². The minimum absolute atomic E-state index is 0.0182. The van der Waals surface area contributed by atoms with Gasteiger partial charge in [-0.15, -0.1) is 0 Å². The van der Waals surface area contributed by atoms with Crippen LogP contribution >= 0.6 is 0 Å². The Balaban J connectivity index is 3.86. The van der Waals surface area contributed by atoms with Gasteiger partial charge in [0.2, 0.25) is 5.91 Å². The number of nitrogens with zero attached hydrogens (tertiary/aromatic N) is 2. The first-order chi connectivity index (χ1) is 8.75. The number of likely N-dealkylation sites (N-methyl/N-ethyl adjacent to an activating group) is 2. The van der Waals surface area contributed by atoms with Gasteiger partial charge in [-0.1, -0.05) is 6.92 Å². The van der Waals surface area contributed by atoms with E-state index in [1.807, 2.05) is 0 Å². The van der Waals surface area contributed by atoms with Crippen LogP contribution in [0.15, 0.2) is 0 Å². The second-order valence-corrected chi connectivity index (χ2v) is 4.76. The molecule has 2 N–H and O–H groups in total. The second-order valence-electron chi connectivity index (χ2n) is 4.76. The van der Waals surface area contributed by atoms with Gasteiger partial charge < -0.3 is 20.2 Å². The van der Waals surface area contributed by atoms with Crippen molar-refractivity contribution in [1.29, 1.82) is 0 Å². The van der Waals surface area contributed by atoms with Crippen LogP contribution in [0.1, 0.15) is 19.8 Å². The lowest BCUT2D eigenvalue weighted by Gasteiger charge is -2.19. The largest absolute Gasteiger partial charge is 0.481 e. The fraction of sp³-hybridized carbons (Fsp3) is 0.750. The molecule has 1 atom stereocenters. The summed E-state index contributed by atoms with van der Waals surface area (Å²) < 4.78 is 0. The van der Waals surface area contributed by atoms with Crippen molar-refractivity contribution >= 4 is 17.9 Å². The van der Waals surface area contributed by atoms with E-state index in [0.717, 1.165) is 0 Å². The number of amides is 3. The van der Waals surface area contributed by atoms with Crippen LogP contribution in [-0.4, -0.2) is 67.0 Å². The van der Waals surface area contributed by atoms with Crippen molar-refractivity contribution in [3.05, 3.63) is 0 Å². The van der Waals surface area contributed by atoms with E-state index in [0.29, 0.717) is 19.4 Å². The average molecular weight is 273 g/mol. The molecule has 0 fully saturated rings. The third kappa shape index (κ3) is 7.28. The molecule has 0 bridgehead atoms. The van der Waals surface area contributed by atoms with E-state index in [1.54, 1.807) is 21.0 Å². The average Bonchev–Trinajstić information content (AvgIpc) is 2.33. The van der Waals surface area contributed by atoms with Crippen molar-refractivity contribution < 1.29 is 19.5 Å². The Bertz CT molecular complexity index is 331. The summed E-state index contributed by atoms with van der Waals surface area (Å²) in [6, 6.07) is -0.335. The van der Waals surface area contributed by atoms with E-state index in [9.17, 15) is 14.4 Å². The molecule has 0 aliphatic rings. The number of nitrogens with one attached hydrogen (secondary N) is 1. The molecule has 0 aliphatic heterocycles. The number of aliphatic carboxylic acids is 1. The summed E-state index contributed by atoms with van der Waals surface area (Å²) in [7, 11) is 4.79. The Hall–Kier alpha value is -1.79. The number of carboxylic acids is 1. The molecule has 0 aromatic carbocycles. The number of hydrogen-bond acceptors (Lipinski definition) is 3. The summed E-state index contributed by atoms with van der Waals surface area (Å²) >= 11 is 0. The fourth-order valence-corrected chi connectivity index (χ4v) is 1.28. The monoisotopic (exact) mass is 273 g/mol. The topological polar surface area (TPSA) is 90.0 Å². The molecule has 0 aliphatic carbocycles. The summed E-state index contributed by atoms with van der Waals surface area (Å²) in [5.74, 6) is -1.40. The third-order valence-corrected chi connectivity index (χ3v) is 2.73. The number of carboxylic acid groups (broad SMARTS) is 1. The fourth-order valence-electron chi connectivity index (χ4n) is 1.28. The van der Waals surface area contributed by atoms with Gasteiger partial charge in [-0.25, -0.2) is 4.79 Å². The van der Waals surface area contributed by atoms with Crippen molar-refractivity contribution in [2.75, 3.05) is 34.2 Å². The molecule has 0 rings (SSSR count). The minimum Gasteiger partial charge on any atom is -0.481 e. The molecule has 7 heteroatoms. The summed E-state index contributed by atoms with van der Waals surface area (Å²) in [4.78, 5) is 36.3. The summed E-state index contributed by atoms with van der Waals surface area (Å²) in [6.45, 7) is 2.05. The molecule has 0 saturated carbocycles. The molecule has 0 aromatic rings. The Labute approximate surface area is 113 Å². The normalized spacial score (nSPS) is 11.6. The van der Waals surface area contributed by atoms with Gasteiger partial charge in [0.1, 0.15) is 6.54 Å². The van der Waals surface area contributed by atoms with Crippen LogP contribution < -0.4 is 5.32 Å². The molecule has 3 amide bonds. The molecule has 110 valence electrons. The molecular weight excluding hydrogens is 250 g/mol.